The first kappa shape index (κ1) is 16.8. The van der Waals surface area contributed by atoms with Crippen molar-refractivity contribution < 1.29 is 18.6 Å². The van der Waals surface area contributed by atoms with Crippen molar-refractivity contribution in [1.82, 2.24) is 0 Å². The molecular weight excluding hydrogens is 376 g/mol. The zero-order chi connectivity index (χ0) is 19.7. The van der Waals surface area contributed by atoms with E-state index in [1.54, 1.807) is 0 Å². The normalized spacial score (nSPS) is 24.7. The fraction of sp³-hybridized carbons (Fsp3) is 0.308. The minimum absolute atomic E-state index is 0.105. The Balaban J connectivity index is 1.42. The summed E-state index contributed by atoms with van der Waals surface area (Å²) in [6.07, 6.45) is 4.94. The van der Waals surface area contributed by atoms with Gasteiger partial charge in [0.2, 0.25) is 6.79 Å². The number of benzene rings is 3. The largest absolute Gasteiger partial charge is 0.456 e. The van der Waals surface area contributed by atoms with Crippen LogP contribution in [-0.4, -0.2) is 12.9 Å². The number of furan rings is 1. The third-order valence-corrected chi connectivity index (χ3v) is 6.98. The highest BCUT2D eigenvalue weighted by molar-refractivity contribution is 6.05. The highest BCUT2D eigenvalue weighted by atomic mass is 16.7. The molecule has 7 rings (SSSR count). The maximum Gasteiger partial charge on any atom is 0.231 e. The quantitative estimate of drug-likeness (QED) is 0.369. The van der Waals surface area contributed by atoms with Gasteiger partial charge in [-0.2, -0.15) is 0 Å². The van der Waals surface area contributed by atoms with E-state index < -0.39 is 0 Å². The zero-order valence-electron chi connectivity index (χ0n) is 16.6. The van der Waals surface area contributed by atoms with Crippen molar-refractivity contribution >= 4 is 21.9 Å². The molecule has 150 valence electrons. The number of hydrogen-bond acceptors (Lipinski definition) is 4. The highest BCUT2D eigenvalue weighted by Gasteiger charge is 2.39. The van der Waals surface area contributed by atoms with Gasteiger partial charge >= 0.3 is 0 Å². The summed E-state index contributed by atoms with van der Waals surface area (Å²) in [6.45, 7) is 0.296. The number of ether oxygens (including phenoxy) is 3. The van der Waals surface area contributed by atoms with Crippen LogP contribution in [0.2, 0.25) is 0 Å². The molecule has 3 heterocycles. The molecule has 0 radical (unpaired) electrons. The van der Waals surface area contributed by atoms with Crippen molar-refractivity contribution in [3.05, 3.63) is 71.3 Å². The molecule has 4 heteroatoms. The lowest BCUT2D eigenvalue weighted by Crippen LogP contribution is -2.33. The summed E-state index contributed by atoms with van der Waals surface area (Å²) in [6, 6.07) is 19.0. The molecule has 3 aliphatic rings. The van der Waals surface area contributed by atoms with Crippen LogP contribution in [0.15, 0.2) is 59.0 Å². The minimum Gasteiger partial charge on any atom is -0.456 e. The Kier molecular flexibility index (Phi) is 3.50. The molecule has 2 aliphatic heterocycles. The molecule has 1 aliphatic carbocycles. The van der Waals surface area contributed by atoms with Gasteiger partial charge in [-0.05, 0) is 59.9 Å². The van der Waals surface area contributed by atoms with Crippen LogP contribution in [0.3, 0.4) is 0 Å². The molecule has 0 bridgehead atoms. The third kappa shape index (κ3) is 2.37. The van der Waals surface area contributed by atoms with E-state index in [1.165, 1.54) is 30.4 Å². The summed E-state index contributed by atoms with van der Waals surface area (Å²) in [5.74, 6) is 2.14. The van der Waals surface area contributed by atoms with Gasteiger partial charge in [0, 0.05) is 16.7 Å². The molecule has 4 aromatic rings. The van der Waals surface area contributed by atoms with Gasteiger partial charge in [0.15, 0.2) is 11.5 Å². The standard InChI is InChI=1S/C26H22O4/c1-4-8-22-16(5-1)18-12-24-25(28-14-27-24)13-20(18)26(30-22)15-9-10-23-19(11-15)17-6-2-3-7-21(17)29-23/h2-3,6-7,9-13,16,22,26H,1,4-5,8,14H2/t16-,22-,26-/m1/s1. The van der Waals surface area contributed by atoms with E-state index in [4.69, 9.17) is 18.6 Å². The first-order chi connectivity index (χ1) is 14.8. The minimum atomic E-state index is -0.105. The Bertz CT molecular complexity index is 1290. The molecular formula is C26H22O4. The monoisotopic (exact) mass is 398 g/mol. The van der Waals surface area contributed by atoms with Gasteiger partial charge in [0.25, 0.3) is 0 Å². The predicted molar refractivity (Wildman–Crippen MR) is 114 cm³/mol. The van der Waals surface area contributed by atoms with Crippen molar-refractivity contribution in [3.63, 3.8) is 0 Å². The second-order valence-corrected chi connectivity index (χ2v) is 8.63. The van der Waals surface area contributed by atoms with Crippen molar-refractivity contribution in [1.29, 1.82) is 0 Å². The number of fused-ring (bicyclic) bond motifs is 7. The molecule has 3 atom stereocenters. The zero-order valence-corrected chi connectivity index (χ0v) is 16.6. The topological polar surface area (TPSA) is 40.8 Å². The van der Waals surface area contributed by atoms with Gasteiger partial charge in [-0.15, -0.1) is 0 Å². The Morgan fingerprint density at radius 2 is 1.53 bits per heavy atom. The van der Waals surface area contributed by atoms with Crippen LogP contribution in [-0.2, 0) is 4.74 Å². The fourth-order valence-electron chi connectivity index (χ4n) is 5.55. The van der Waals surface area contributed by atoms with Crippen LogP contribution in [0.1, 0.15) is 54.4 Å². The Morgan fingerprint density at radius 3 is 2.47 bits per heavy atom. The van der Waals surface area contributed by atoms with Crippen LogP contribution < -0.4 is 9.47 Å². The molecule has 1 aromatic heterocycles. The van der Waals surface area contributed by atoms with E-state index >= 15 is 0 Å². The number of hydrogen-bond donors (Lipinski definition) is 0. The molecule has 0 N–H and O–H groups in total. The van der Waals surface area contributed by atoms with Crippen LogP contribution in [0, 0.1) is 0 Å². The van der Waals surface area contributed by atoms with E-state index in [1.807, 2.05) is 12.1 Å². The van der Waals surface area contributed by atoms with Gasteiger partial charge in [0.1, 0.15) is 17.3 Å². The first-order valence-electron chi connectivity index (χ1n) is 10.9. The summed E-state index contributed by atoms with van der Waals surface area (Å²) in [5.41, 5.74) is 5.59. The third-order valence-electron chi connectivity index (χ3n) is 6.98. The average Bonchev–Trinajstić information content (AvgIpc) is 3.40. The summed E-state index contributed by atoms with van der Waals surface area (Å²) in [4.78, 5) is 0. The van der Waals surface area contributed by atoms with Crippen LogP contribution in [0.4, 0.5) is 0 Å². The SMILES string of the molecule is c1ccc2c(c1)oc1ccc([C@H]3O[C@@H]4CCCC[C@@H]4c4cc5c(cc43)OCO5)cc12. The predicted octanol–water partition coefficient (Wildman–Crippen LogP) is 6.46. The van der Waals surface area contributed by atoms with E-state index in [9.17, 15) is 0 Å². The Hall–Kier alpha value is -2.98. The second-order valence-electron chi connectivity index (χ2n) is 8.63. The van der Waals surface area contributed by atoms with Crippen molar-refractivity contribution in [2.75, 3.05) is 6.79 Å². The van der Waals surface area contributed by atoms with Gasteiger partial charge in [-0.1, -0.05) is 37.1 Å². The lowest BCUT2D eigenvalue weighted by atomic mass is 9.76. The molecule has 0 unspecified atom stereocenters. The highest BCUT2D eigenvalue weighted by Crippen LogP contribution is 2.51. The molecule has 0 saturated heterocycles. The maximum absolute atomic E-state index is 6.77. The van der Waals surface area contributed by atoms with Crippen LogP contribution in [0.5, 0.6) is 11.5 Å². The number of rotatable bonds is 1. The van der Waals surface area contributed by atoms with Gasteiger partial charge in [-0.3, -0.25) is 0 Å². The molecule has 0 amide bonds. The number of para-hydroxylation sites is 1. The van der Waals surface area contributed by atoms with E-state index in [0.29, 0.717) is 12.7 Å². The maximum atomic E-state index is 6.77. The summed E-state index contributed by atoms with van der Waals surface area (Å²) in [5, 5.41) is 2.28. The molecule has 1 fully saturated rings. The lowest BCUT2D eigenvalue weighted by Gasteiger charge is -2.41. The summed E-state index contributed by atoms with van der Waals surface area (Å²) in [7, 11) is 0. The molecule has 30 heavy (non-hydrogen) atoms. The van der Waals surface area contributed by atoms with Gasteiger partial charge < -0.3 is 18.6 Å². The second kappa shape index (κ2) is 6.26. The van der Waals surface area contributed by atoms with E-state index in [0.717, 1.165) is 45.4 Å². The van der Waals surface area contributed by atoms with E-state index in [-0.39, 0.29) is 12.2 Å². The van der Waals surface area contributed by atoms with Crippen molar-refractivity contribution in [2.24, 2.45) is 0 Å². The van der Waals surface area contributed by atoms with Crippen LogP contribution >= 0.6 is 0 Å². The molecule has 4 nitrogen and oxygen atoms in total. The van der Waals surface area contributed by atoms with E-state index in [2.05, 4.69) is 42.5 Å². The van der Waals surface area contributed by atoms with Crippen molar-refractivity contribution in [2.45, 2.75) is 43.8 Å². The lowest BCUT2D eigenvalue weighted by molar-refractivity contribution is -0.0389. The fourth-order valence-corrected chi connectivity index (χ4v) is 5.55. The molecule has 0 spiro atoms. The molecule has 1 saturated carbocycles. The Labute approximate surface area is 174 Å². The first-order valence-corrected chi connectivity index (χ1v) is 10.9. The smallest absolute Gasteiger partial charge is 0.231 e. The summed E-state index contributed by atoms with van der Waals surface area (Å²) >= 11 is 0. The van der Waals surface area contributed by atoms with Crippen molar-refractivity contribution in [3.8, 4) is 11.5 Å². The van der Waals surface area contributed by atoms with Gasteiger partial charge in [-0.25, -0.2) is 0 Å². The van der Waals surface area contributed by atoms with Gasteiger partial charge in [0.05, 0.1) is 6.10 Å². The summed E-state index contributed by atoms with van der Waals surface area (Å²) < 4.78 is 24.2. The Morgan fingerprint density at radius 1 is 0.733 bits per heavy atom. The van der Waals surface area contributed by atoms with Crippen LogP contribution in [0.25, 0.3) is 21.9 Å². The molecule has 3 aromatic carbocycles. The average molecular weight is 398 g/mol.